The molecule has 7 rings (SSSR count). The van der Waals surface area contributed by atoms with Gasteiger partial charge < -0.3 is 10.6 Å². The lowest BCUT2D eigenvalue weighted by atomic mass is 10.1. The van der Waals surface area contributed by atoms with Gasteiger partial charge in [-0.3, -0.25) is 19.4 Å². The maximum Gasteiger partial charge on any atom is 0.197 e. The minimum absolute atomic E-state index is 0.113. The molecule has 2 N–H and O–H groups in total. The fourth-order valence-electron chi connectivity index (χ4n) is 6.29. The number of hydrogen-bond donors (Lipinski definition) is 2. The van der Waals surface area contributed by atoms with E-state index in [2.05, 4.69) is 58.5 Å². The van der Waals surface area contributed by atoms with E-state index in [0.717, 1.165) is 115 Å². The van der Waals surface area contributed by atoms with Gasteiger partial charge in [-0.1, -0.05) is 36.4 Å². The second-order valence-electron chi connectivity index (χ2n) is 11.7. The average Bonchev–Trinajstić information content (AvgIpc) is 3.04. The smallest absolute Gasteiger partial charge is 0.197 e. The van der Waals surface area contributed by atoms with Crippen LogP contribution in [0.1, 0.15) is 11.1 Å². The fourth-order valence-corrected chi connectivity index (χ4v) is 8.63. The zero-order chi connectivity index (χ0) is 30.2. The molecule has 1 saturated heterocycles. The van der Waals surface area contributed by atoms with Gasteiger partial charge >= 0.3 is 0 Å². The summed E-state index contributed by atoms with van der Waals surface area (Å²) >= 11 is 3.40. The number of piperazine rings is 1. The van der Waals surface area contributed by atoms with Crippen molar-refractivity contribution in [3.05, 3.63) is 104 Å². The molecule has 2 aromatic heterocycles. The van der Waals surface area contributed by atoms with Gasteiger partial charge in [0.1, 0.15) is 0 Å². The Labute approximate surface area is 264 Å². The van der Waals surface area contributed by atoms with E-state index in [1.165, 1.54) is 0 Å². The summed E-state index contributed by atoms with van der Waals surface area (Å²) in [6, 6.07) is 24.1. The molecule has 1 aliphatic rings. The number of benzene rings is 4. The highest BCUT2D eigenvalue weighted by Crippen LogP contribution is 2.33. The average molecular weight is 621 g/mol. The minimum Gasteiger partial charge on any atom is -0.383 e. The third-order valence-corrected chi connectivity index (χ3v) is 11.4. The van der Waals surface area contributed by atoms with E-state index in [0.29, 0.717) is 0 Å². The molecule has 0 saturated carbocycles. The van der Waals surface area contributed by atoms with Crippen molar-refractivity contribution in [2.24, 2.45) is 0 Å². The van der Waals surface area contributed by atoms with E-state index in [4.69, 9.17) is 0 Å². The van der Waals surface area contributed by atoms with Gasteiger partial charge in [0.2, 0.25) is 0 Å². The number of nitrogens with one attached hydrogen (secondary N) is 2. The maximum atomic E-state index is 13.4. The highest BCUT2D eigenvalue weighted by molar-refractivity contribution is 7.25. The van der Waals surface area contributed by atoms with Crippen molar-refractivity contribution in [1.82, 2.24) is 9.80 Å². The molecule has 6 nitrogen and oxygen atoms in total. The van der Waals surface area contributed by atoms with Crippen molar-refractivity contribution in [1.29, 1.82) is 0 Å². The molecule has 0 amide bonds. The van der Waals surface area contributed by atoms with Crippen LogP contribution >= 0.6 is 22.7 Å². The largest absolute Gasteiger partial charge is 0.383 e. The molecule has 0 atom stereocenters. The molecule has 0 spiro atoms. The van der Waals surface area contributed by atoms with Gasteiger partial charge in [-0.05, 0) is 61.4 Å². The molecule has 0 aliphatic carbocycles. The standard InChI is InChI=1S/C36H36N4O2S2/c1-23-11-13-27(31-33(41)25-7-3-5-9-29(25)43-35(23)31)37-15-17-39-19-21-40(22-20-39)18-16-38-28-14-12-24(2)36-32(28)34(42)26-8-4-6-10-30(26)44-36/h3-14,37-38H,15-22H2,1-2H3. The first-order chi connectivity index (χ1) is 21.5. The van der Waals surface area contributed by atoms with Crippen LogP contribution < -0.4 is 21.5 Å². The molecule has 1 fully saturated rings. The van der Waals surface area contributed by atoms with Crippen LogP contribution in [0.5, 0.6) is 0 Å². The Kier molecular flexibility index (Phi) is 8.08. The van der Waals surface area contributed by atoms with E-state index in [-0.39, 0.29) is 10.9 Å². The van der Waals surface area contributed by atoms with Crippen molar-refractivity contribution >= 4 is 74.4 Å². The topological polar surface area (TPSA) is 64.7 Å². The lowest BCUT2D eigenvalue weighted by molar-refractivity contribution is 0.140. The van der Waals surface area contributed by atoms with Crippen molar-refractivity contribution in [2.45, 2.75) is 13.8 Å². The molecule has 4 aromatic carbocycles. The monoisotopic (exact) mass is 620 g/mol. The van der Waals surface area contributed by atoms with Gasteiger partial charge in [-0.15, -0.1) is 22.7 Å². The summed E-state index contributed by atoms with van der Waals surface area (Å²) in [5, 5.41) is 10.4. The number of nitrogens with zero attached hydrogens (tertiary/aromatic N) is 2. The zero-order valence-electron chi connectivity index (χ0n) is 25.1. The van der Waals surface area contributed by atoms with Gasteiger partial charge in [-0.25, -0.2) is 0 Å². The number of rotatable bonds is 8. The lowest BCUT2D eigenvalue weighted by Crippen LogP contribution is -2.48. The summed E-state index contributed by atoms with van der Waals surface area (Å²) < 4.78 is 4.21. The van der Waals surface area contributed by atoms with Gasteiger partial charge in [0.05, 0.1) is 10.8 Å². The molecular formula is C36H36N4O2S2. The van der Waals surface area contributed by atoms with Gasteiger partial charge in [0, 0.05) is 93.3 Å². The predicted octanol–water partition coefficient (Wildman–Crippen LogP) is 6.90. The summed E-state index contributed by atoms with van der Waals surface area (Å²) in [6.07, 6.45) is 0. The quantitative estimate of drug-likeness (QED) is 0.181. The summed E-state index contributed by atoms with van der Waals surface area (Å²) in [5.74, 6) is 0. The van der Waals surface area contributed by atoms with Crippen LogP contribution in [0.3, 0.4) is 0 Å². The highest BCUT2D eigenvalue weighted by atomic mass is 32.1. The Morgan fingerprint density at radius 2 is 1.00 bits per heavy atom. The molecular weight excluding hydrogens is 585 g/mol. The van der Waals surface area contributed by atoms with Crippen LogP contribution in [0.25, 0.3) is 40.3 Å². The Bertz CT molecular complexity index is 1980. The highest BCUT2D eigenvalue weighted by Gasteiger charge is 2.18. The second-order valence-corrected chi connectivity index (χ2v) is 13.8. The molecule has 1 aliphatic heterocycles. The Morgan fingerprint density at radius 3 is 1.43 bits per heavy atom. The van der Waals surface area contributed by atoms with Crippen LogP contribution in [0.15, 0.2) is 82.4 Å². The summed E-state index contributed by atoms with van der Waals surface area (Å²) in [7, 11) is 0. The van der Waals surface area contributed by atoms with E-state index in [9.17, 15) is 9.59 Å². The van der Waals surface area contributed by atoms with Crippen molar-refractivity contribution in [3.8, 4) is 0 Å². The van der Waals surface area contributed by atoms with E-state index in [1.54, 1.807) is 22.7 Å². The Balaban J connectivity index is 0.944. The molecule has 8 heteroatoms. The van der Waals surface area contributed by atoms with Crippen molar-refractivity contribution < 1.29 is 0 Å². The second kappa shape index (κ2) is 12.3. The normalized spacial score (nSPS) is 14.6. The fraction of sp³-hybridized carbons (Fsp3) is 0.278. The summed E-state index contributed by atoms with van der Waals surface area (Å²) in [4.78, 5) is 31.8. The van der Waals surface area contributed by atoms with E-state index < -0.39 is 0 Å². The first kappa shape index (κ1) is 28.9. The van der Waals surface area contributed by atoms with Crippen LogP contribution in [-0.4, -0.2) is 62.2 Å². The van der Waals surface area contributed by atoms with Crippen molar-refractivity contribution in [3.63, 3.8) is 0 Å². The molecule has 6 aromatic rings. The number of hydrogen-bond acceptors (Lipinski definition) is 8. The third-order valence-electron chi connectivity index (χ3n) is 8.80. The SMILES string of the molecule is Cc1ccc(NCCN2CCN(CCNc3ccc(C)c4sc5ccccc5c(=O)c34)CC2)c2c(=O)c3ccccc3sc12. The van der Waals surface area contributed by atoms with Gasteiger partial charge in [0.25, 0.3) is 0 Å². The van der Waals surface area contributed by atoms with Gasteiger partial charge in [-0.2, -0.15) is 0 Å². The summed E-state index contributed by atoms with van der Waals surface area (Å²) in [5.41, 5.74) is 4.37. The molecule has 0 radical (unpaired) electrons. The number of fused-ring (bicyclic) bond motifs is 4. The zero-order valence-corrected chi connectivity index (χ0v) is 26.7. The molecule has 44 heavy (non-hydrogen) atoms. The van der Waals surface area contributed by atoms with Crippen LogP contribution in [0, 0.1) is 13.8 Å². The first-order valence-corrected chi connectivity index (χ1v) is 16.9. The third kappa shape index (κ3) is 5.48. The van der Waals surface area contributed by atoms with Crippen LogP contribution in [-0.2, 0) is 0 Å². The molecule has 0 bridgehead atoms. The maximum absolute atomic E-state index is 13.4. The Morgan fingerprint density at radius 1 is 0.591 bits per heavy atom. The lowest BCUT2D eigenvalue weighted by Gasteiger charge is -2.34. The molecule has 3 heterocycles. The predicted molar refractivity (Wildman–Crippen MR) is 191 cm³/mol. The van der Waals surface area contributed by atoms with E-state index in [1.807, 2.05) is 48.5 Å². The van der Waals surface area contributed by atoms with Crippen LogP contribution in [0.4, 0.5) is 11.4 Å². The molecule has 224 valence electrons. The first-order valence-electron chi connectivity index (χ1n) is 15.3. The summed E-state index contributed by atoms with van der Waals surface area (Å²) in [6.45, 7) is 11.7. The van der Waals surface area contributed by atoms with Gasteiger partial charge in [0.15, 0.2) is 10.9 Å². The molecule has 0 unspecified atom stereocenters. The van der Waals surface area contributed by atoms with Crippen molar-refractivity contribution in [2.75, 3.05) is 63.0 Å². The van der Waals surface area contributed by atoms with E-state index >= 15 is 0 Å². The Hall–Kier alpha value is -3.82. The number of anilines is 2. The number of aryl methyl sites for hydroxylation is 2. The minimum atomic E-state index is 0.113. The van der Waals surface area contributed by atoms with Crippen LogP contribution in [0.2, 0.25) is 0 Å².